The van der Waals surface area contributed by atoms with E-state index >= 15 is 0 Å². The molecule has 0 unspecified atom stereocenters. The highest BCUT2D eigenvalue weighted by molar-refractivity contribution is 6.04. The summed E-state index contributed by atoms with van der Waals surface area (Å²) in [5.74, 6) is -2.76. The second kappa shape index (κ2) is 9.22. The molecule has 0 bridgehead atoms. The number of anilines is 2. The number of nitrogens with one attached hydrogen (secondary N) is 2. The third-order valence-corrected chi connectivity index (χ3v) is 4.66. The summed E-state index contributed by atoms with van der Waals surface area (Å²) in [4.78, 5) is 28.6. The van der Waals surface area contributed by atoms with Gasteiger partial charge in [-0.25, -0.2) is 13.8 Å². The van der Waals surface area contributed by atoms with E-state index in [-0.39, 0.29) is 17.3 Å². The number of aromatic nitrogens is 2. The molecule has 0 fully saturated rings. The zero-order valence-electron chi connectivity index (χ0n) is 16.8. The van der Waals surface area contributed by atoms with E-state index in [2.05, 4.69) is 15.6 Å². The Hall–Kier alpha value is -4.33. The minimum absolute atomic E-state index is 0.136. The Morgan fingerprint density at radius 1 is 0.812 bits per heavy atom. The zero-order valence-corrected chi connectivity index (χ0v) is 16.8. The van der Waals surface area contributed by atoms with Crippen LogP contribution in [0.15, 0.2) is 85.3 Å². The minimum atomic E-state index is -1.04. The summed E-state index contributed by atoms with van der Waals surface area (Å²) >= 11 is 0. The van der Waals surface area contributed by atoms with Crippen LogP contribution in [-0.2, 0) is 6.54 Å². The summed E-state index contributed by atoms with van der Waals surface area (Å²) < 4.78 is 28.0. The number of rotatable bonds is 6. The normalized spacial score (nSPS) is 10.6. The van der Waals surface area contributed by atoms with Gasteiger partial charge >= 0.3 is 0 Å². The van der Waals surface area contributed by atoms with Crippen LogP contribution in [-0.4, -0.2) is 21.4 Å². The molecule has 0 aliphatic carbocycles. The first-order valence-electron chi connectivity index (χ1n) is 9.71. The molecule has 0 aliphatic heterocycles. The van der Waals surface area contributed by atoms with Gasteiger partial charge in [0.25, 0.3) is 11.8 Å². The van der Waals surface area contributed by atoms with E-state index < -0.39 is 17.5 Å². The van der Waals surface area contributed by atoms with Crippen molar-refractivity contribution in [1.82, 2.24) is 9.55 Å². The number of carbonyl (C=O) groups excluding carboxylic acids is 2. The average Bonchev–Trinajstić information content (AvgIpc) is 3.27. The van der Waals surface area contributed by atoms with Gasteiger partial charge in [0.2, 0.25) is 0 Å². The number of hydrogen-bond donors (Lipinski definition) is 2. The quantitative estimate of drug-likeness (QED) is 0.463. The monoisotopic (exact) mass is 432 g/mol. The molecule has 1 heterocycles. The molecule has 32 heavy (non-hydrogen) atoms. The molecule has 2 N–H and O–H groups in total. The zero-order chi connectivity index (χ0) is 22.5. The molecule has 160 valence electrons. The van der Waals surface area contributed by atoms with Crippen LogP contribution in [0.3, 0.4) is 0 Å². The van der Waals surface area contributed by atoms with Gasteiger partial charge in [0, 0.05) is 35.7 Å². The maximum absolute atomic E-state index is 13.3. The molecule has 0 radical (unpaired) electrons. The van der Waals surface area contributed by atoms with Gasteiger partial charge in [-0.15, -0.1) is 0 Å². The first kappa shape index (κ1) is 20.9. The van der Waals surface area contributed by atoms with Crippen LogP contribution in [0.4, 0.5) is 20.2 Å². The van der Waals surface area contributed by atoms with Crippen molar-refractivity contribution >= 4 is 23.2 Å². The molecular formula is C24H18F2N4O2. The highest BCUT2D eigenvalue weighted by Gasteiger charge is 2.12. The molecule has 0 atom stereocenters. The summed E-state index contributed by atoms with van der Waals surface area (Å²) in [7, 11) is 0. The van der Waals surface area contributed by atoms with Gasteiger partial charge in [-0.3, -0.25) is 9.59 Å². The van der Waals surface area contributed by atoms with Gasteiger partial charge < -0.3 is 15.2 Å². The topological polar surface area (TPSA) is 76.0 Å². The Morgan fingerprint density at radius 2 is 1.50 bits per heavy atom. The number of hydrogen-bond acceptors (Lipinski definition) is 3. The largest absolute Gasteiger partial charge is 0.332 e. The lowest BCUT2D eigenvalue weighted by atomic mass is 10.2. The molecule has 8 heteroatoms. The fourth-order valence-corrected chi connectivity index (χ4v) is 3.03. The van der Waals surface area contributed by atoms with Gasteiger partial charge in [-0.2, -0.15) is 0 Å². The summed E-state index contributed by atoms with van der Waals surface area (Å²) in [6.07, 6.45) is 3.06. The van der Waals surface area contributed by atoms with Crippen molar-refractivity contribution < 1.29 is 18.4 Å². The molecule has 4 aromatic rings. The summed E-state index contributed by atoms with van der Waals surface area (Å²) in [6.45, 7) is 0.457. The highest BCUT2D eigenvalue weighted by atomic mass is 19.2. The summed E-state index contributed by atoms with van der Waals surface area (Å²) in [5, 5.41) is 5.32. The Bertz CT molecular complexity index is 1250. The van der Waals surface area contributed by atoms with Crippen molar-refractivity contribution in [3.05, 3.63) is 114 Å². The van der Waals surface area contributed by atoms with E-state index in [1.54, 1.807) is 47.2 Å². The lowest BCUT2D eigenvalue weighted by Crippen LogP contribution is -2.12. The maximum Gasteiger partial charge on any atom is 0.275 e. The fourth-order valence-electron chi connectivity index (χ4n) is 3.03. The lowest BCUT2D eigenvalue weighted by Gasteiger charge is -2.07. The van der Waals surface area contributed by atoms with Crippen LogP contribution in [0.1, 0.15) is 26.4 Å². The number of halogens is 2. The SMILES string of the molecule is O=C(Nc1ccc(Cn2cnc(C(=O)Nc3ccc(F)c(F)c3)c2)cc1)c1ccccc1. The number of benzene rings is 3. The summed E-state index contributed by atoms with van der Waals surface area (Å²) in [6, 6.07) is 19.4. The van der Waals surface area contributed by atoms with Crippen LogP contribution in [0, 0.1) is 11.6 Å². The molecular weight excluding hydrogens is 414 g/mol. The van der Waals surface area contributed by atoms with Crippen LogP contribution in [0.2, 0.25) is 0 Å². The Morgan fingerprint density at radius 3 is 2.22 bits per heavy atom. The molecule has 4 rings (SSSR count). The van der Waals surface area contributed by atoms with E-state index in [4.69, 9.17) is 0 Å². The Kier molecular flexibility index (Phi) is 6.03. The molecule has 0 aliphatic rings. The van der Waals surface area contributed by atoms with Crippen molar-refractivity contribution in [2.45, 2.75) is 6.54 Å². The molecule has 3 aromatic carbocycles. The molecule has 0 saturated heterocycles. The van der Waals surface area contributed by atoms with Crippen LogP contribution >= 0.6 is 0 Å². The molecule has 2 amide bonds. The van der Waals surface area contributed by atoms with E-state index in [0.29, 0.717) is 17.8 Å². The van der Waals surface area contributed by atoms with Crippen LogP contribution in [0.5, 0.6) is 0 Å². The minimum Gasteiger partial charge on any atom is -0.332 e. The van der Waals surface area contributed by atoms with Crippen molar-refractivity contribution in [2.24, 2.45) is 0 Å². The lowest BCUT2D eigenvalue weighted by molar-refractivity contribution is 0.101. The third-order valence-electron chi connectivity index (χ3n) is 4.66. The van der Waals surface area contributed by atoms with Gasteiger partial charge in [-0.05, 0) is 42.0 Å². The van der Waals surface area contributed by atoms with Crippen molar-refractivity contribution in [3.8, 4) is 0 Å². The first-order valence-corrected chi connectivity index (χ1v) is 9.71. The van der Waals surface area contributed by atoms with Crippen LogP contribution < -0.4 is 10.6 Å². The predicted octanol–water partition coefficient (Wildman–Crippen LogP) is 4.71. The second-order valence-corrected chi connectivity index (χ2v) is 7.03. The predicted molar refractivity (Wildman–Crippen MR) is 116 cm³/mol. The van der Waals surface area contributed by atoms with Crippen molar-refractivity contribution in [2.75, 3.05) is 10.6 Å². The fraction of sp³-hybridized carbons (Fsp3) is 0.0417. The number of nitrogens with zero attached hydrogens (tertiary/aromatic N) is 2. The Labute approximate surface area is 182 Å². The van der Waals surface area contributed by atoms with Gasteiger partial charge in [0.15, 0.2) is 11.6 Å². The molecule has 1 aromatic heterocycles. The third kappa shape index (κ3) is 5.04. The molecule has 0 spiro atoms. The van der Waals surface area contributed by atoms with E-state index in [1.165, 1.54) is 12.4 Å². The average molecular weight is 432 g/mol. The first-order chi connectivity index (χ1) is 15.5. The molecule has 6 nitrogen and oxygen atoms in total. The number of amides is 2. The maximum atomic E-state index is 13.3. The number of imidazole rings is 1. The summed E-state index contributed by atoms with van der Waals surface area (Å²) in [5.41, 5.74) is 2.45. The van der Waals surface area contributed by atoms with Crippen molar-refractivity contribution in [3.63, 3.8) is 0 Å². The Balaban J connectivity index is 1.36. The van der Waals surface area contributed by atoms with E-state index in [0.717, 1.165) is 17.7 Å². The smallest absolute Gasteiger partial charge is 0.275 e. The van der Waals surface area contributed by atoms with E-state index in [1.807, 2.05) is 18.2 Å². The highest BCUT2D eigenvalue weighted by Crippen LogP contribution is 2.15. The van der Waals surface area contributed by atoms with Crippen LogP contribution in [0.25, 0.3) is 0 Å². The van der Waals surface area contributed by atoms with Gasteiger partial charge in [0.05, 0.1) is 6.33 Å². The van der Waals surface area contributed by atoms with Gasteiger partial charge in [-0.1, -0.05) is 30.3 Å². The van der Waals surface area contributed by atoms with E-state index in [9.17, 15) is 18.4 Å². The molecule has 0 saturated carbocycles. The second-order valence-electron chi connectivity index (χ2n) is 7.03. The standard InChI is InChI=1S/C24H18F2N4O2/c25-20-11-10-19(12-21(20)26)29-24(32)22-14-30(15-27-22)13-16-6-8-18(9-7-16)28-23(31)17-4-2-1-3-5-17/h1-12,14-15H,13H2,(H,28,31)(H,29,32). The number of carbonyl (C=O) groups is 2. The van der Waals surface area contributed by atoms with Crippen molar-refractivity contribution in [1.29, 1.82) is 0 Å². The van der Waals surface area contributed by atoms with Gasteiger partial charge in [0.1, 0.15) is 5.69 Å².